The monoisotopic (exact) mass is 251 g/mol. The van der Waals surface area contributed by atoms with Crippen molar-refractivity contribution in [2.75, 3.05) is 20.1 Å². The summed E-state index contributed by atoms with van der Waals surface area (Å²) in [6.45, 7) is 2.98. The number of hydrogen-bond acceptors (Lipinski definition) is 3. The molecule has 0 aliphatic rings. The zero-order valence-corrected chi connectivity index (χ0v) is 11.0. The van der Waals surface area contributed by atoms with Gasteiger partial charge in [-0.3, -0.25) is 4.79 Å². The van der Waals surface area contributed by atoms with E-state index < -0.39 is 12.1 Å². The first-order chi connectivity index (χ1) is 8.52. The van der Waals surface area contributed by atoms with Gasteiger partial charge in [0.2, 0.25) is 0 Å². The van der Waals surface area contributed by atoms with Crippen molar-refractivity contribution < 1.29 is 15.0 Å². The van der Waals surface area contributed by atoms with Crippen LogP contribution in [-0.2, 0) is 11.2 Å². The fourth-order valence-corrected chi connectivity index (χ4v) is 1.75. The Morgan fingerprint density at radius 3 is 2.44 bits per heavy atom. The Bertz CT molecular complexity index is 375. The lowest BCUT2D eigenvalue weighted by Gasteiger charge is -2.20. The third-order valence-corrected chi connectivity index (χ3v) is 2.96. The van der Waals surface area contributed by atoms with E-state index in [1.165, 1.54) is 5.56 Å². The van der Waals surface area contributed by atoms with E-state index in [4.69, 9.17) is 5.11 Å². The number of carboxylic acids is 1. The highest BCUT2D eigenvalue weighted by Gasteiger charge is 2.11. The number of hydrogen-bond donors (Lipinski definition) is 2. The predicted molar refractivity (Wildman–Crippen MR) is 70.5 cm³/mol. The van der Waals surface area contributed by atoms with Gasteiger partial charge in [0.1, 0.15) is 0 Å². The van der Waals surface area contributed by atoms with E-state index in [1.807, 2.05) is 36.2 Å². The molecule has 1 atom stereocenters. The summed E-state index contributed by atoms with van der Waals surface area (Å²) in [6, 6.07) is 7.87. The Morgan fingerprint density at radius 2 is 1.94 bits per heavy atom. The van der Waals surface area contributed by atoms with Gasteiger partial charge in [0.25, 0.3) is 0 Å². The summed E-state index contributed by atoms with van der Waals surface area (Å²) in [6.07, 6.45) is 0.502. The average molecular weight is 251 g/mol. The van der Waals surface area contributed by atoms with Gasteiger partial charge in [-0.05, 0) is 24.6 Å². The molecule has 0 bridgehead atoms. The van der Waals surface area contributed by atoms with Crippen LogP contribution in [0.3, 0.4) is 0 Å². The standard InChI is InChI=1S/C14H21NO3/c1-3-11-4-6-12(7-5-11)13(16)10-15(2)9-8-14(17)18/h4-7,13,16H,3,8-10H2,1-2H3,(H,17,18). The molecular formula is C14H21NO3. The number of aliphatic hydroxyl groups is 1. The molecule has 0 saturated heterocycles. The lowest BCUT2D eigenvalue weighted by Crippen LogP contribution is -2.27. The highest BCUT2D eigenvalue weighted by Crippen LogP contribution is 2.15. The van der Waals surface area contributed by atoms with E-state index in [1.54, 1.807) is 0 Å². The van der Waals surface area contributed by atoms with Gasteiger partial charge in [-0.15, -0.1) is 0 Å². The molecule has 1 aromatic rings. The van der Waals surface area contributed by atoms with Gasteiger partial charge >= 0.3 is 5.97 Å². The summed E-state index contributed by atoms with van der Waals surface area (Å²) >= 11 is 0. The van der Waals surface area contributed by atoms with Crippen molar-refractivity contribution in [1.29, 1.82) is 0 Å². The van der Waals surface area contributed by atoms with Crippen LogP contribution in [0.25, 0.3) is 0 Å². The minimum Gasteiger partial charge on any atom is -0.481 e. The molecule has 4 heteroatoms. The van der Waals surface area contributed by atoms with Crippen molar-refractivity contribution >= 4 is 5.97 Å². The van der Waals surface area contributed by atoms with Gasteiger partial charge in [0.15, 0.2) is 0 Å². The van der Waals surface area contributed by atoms with E-state index in [-0.39, 0.29) is 6.42 Å². The van der Waals surface area contributed by atoms with Crippen LogP contribution in [0.4, 0.5) is 0 Å². The van der Waals surface area contributed by atoms with Crippen molar-refractivity contribution in [3.05, 3.63) is 35.4 Å². The zero-order valence-electron chi connectivity index (χ0n) is 11.0. The number of nitrogens with zero attached hydrogens (tertiary/aromatic N) is 1. The van der Waals surface area contributed by atoms with Crippen molar-refractivity contribution in [2.24, 2.45) is 0 Å². The topological polar surface area (TPSA) is 60.8 Å². The zero-order chi connectivity index (χ0) is 13.5. The van der Waals surface area contributed by atoms with Crippen LogP contribution in [0.15, 0.2) is 24.3 Å². The Morgan fingerprint density at radius 1 is 1.33 bits per heavy atom. The Kier molecular flexibility index (Phi) is 5.82. The molecule has 1 aromatic carbocycles. The summed E-state index contributed by atoms with van der Waals surface area (Å²) in [5.74, 6) is -0.816. The molecule has 0 spiro atoms. The summed E-state index contributed by atoms with van der Waals surface area (Å²) in [5.41, 5.74) is 2.11. The number of carboxylic acid groups (broad SMARTS) is 1. The quantitative estimate of drug-likeness (QED) is 0.774. The van der Waals surface area contributed by atoms with Crippen LogP contribution in [0, 0.1) is 0 Å². The predicted octanol–water partition coefficient (Wildman–Crippen LogP) is 1.69. The third kappa shape index (κ3) is 4.85. The van der Waals surface area contributed by atoms with Crippen molar-refractivity contribution in [3.8, 4) is 0 Å². The molecule has 0 amide bonds. The second-order valence-corrected chi connectivity index (χ2v) is 4.52. The fraction of sp³-hybridized carbons (Fsp3) is 0.500. The Hall–Kier alpha value is -1.39. The molecule has 0 saturated carbocycles. The maximum absolute atomic E-state index is 10.4. The van der Waals surface area contributed by atoms with Crippen LogP contribution >= 0.6 is 0 Å². The number of aliphatic hydroxyl groups excluding tert-OH is 1. The van der Waals surface area contributed by atoms with Crippen molar-refractivity contribution in [2.45, 2.75) is 25.9 Å². The summed E-state index contributed by atoms with van der Waals surface area (Å²) < 4.78 is 0. The molecular weight excluding hydrogens is 230 g/mol. The molecule has 0 fully saturated rings. The lowest BCUT2D eigenvalue weighted by atomic mass is 10.1. The average Bonchev–Trinajstić information content (AvgIpc) is 2.36. The van der Waals surface area contributed by atoms with Crippen LogP contribution in [0.2, 0.25) is 0 Å². The second-order valence-electron chi connectivity index (χ2n) is 4.52. The molecule has 1 unspecified atom stereocenters. The largest absolute Gasteiger partial charge is 0.481 e. The van der Waals surface area contributed by atoms with Crippen LogP contribution < -0.4 is 0 Å². The Balaban J connectivity index is 2.47. The minimum atomic E-state index is -0.816. The van der Waals surface area contributed by atoms with Crippen LogP contribution in [0.1, 0.15) is 30.6 Å². The molecule has 0 aliphatic carbocycles. The SMILES string of the molecule is CCc1ccc(C(O)CN(C)CCC(=O)O)cc1. The first-order valence-corrected chi connectivity index (χ1v) is 6.20. The Labute approximate surface area is 108 Å². The van der Waals surface area contributed by atoms with Gasteiger partial charge in [-0.1, -0.05) is 31.2 Å². The molecule has 18 heavy (non-hydrogen) atoms. The molecule has 0 heterocycles. The third-order valence-electron chi connectivity index (χ3n) is 2.96. The maximum atomic E-state index is 10.4. The molecule has 2 N–H and O–H groups in total. The summed E-state index contributed by atoms with van der Waals surface area (Å²) in [4.78, 5) is 12.3. The van der Waals surface area contributed by atoms with Crippen LogP contribution in [0.5, 0.6) is 0 Å². The number of rotatable bonds is 7. The van der Waals surface area contributed by atoms with E-state index >= 15 is 0 Å². The fourth-order valence-electron chi connectivity index (χ4n) is 1.75. The molecule has 0 aromatic heterocycles. The summed E-state index contributed by atoms with van der Waals surface area (Å²) in [7, 11) is 1.81. The first kappa shape index (κ1) is 14.7. The van der Waals surface area contributed by atoms with Crippen molar-refractivity contribution in [1.82, 2.24) is 4.90 Å². The molecule has 100 valence electrons. The van der Waals surface area contributed by atoms with Gasteiger partial charge in [0.05, 0.1) is 12.5 Å². The lowest BCUT2D eigenvalue weighted by molar-refractivity contribution is -0.137. The molecule has 1 rings (SSSR count). The maximum Gasteiger partial charge on any atom is 0.304 e. The number of benzene rings is 1. The number of carbonyl (C=O) groups is 1. The highest BCUT2D eigenvalue weighted by molar-refractivity contribution is 5.66. The molecule has 0 radical (unpaired) electrons. The number of aliphatic carboxylic acids is 1. The van der Waals surface area contributed by atoms with Gasteiger partial charge in [-0.2, -0.15) is 0 Å². The van der Waals surface area contributed by atoms with E-state index in [2.05, 4.69) is 6.92 Å². The van der Waals surface area contributed by atoms with Gasteiger partial charge < -0.3 is 15.1 Å². The highest BCUT2D eigenvalue weighted by atomic mass is 16.4. The van der Waals surface area contributed by atoms with Gasteiger partial charge in [0, 0.05) is 13.1 Å². The summed E-state index contributed by atoms with van der Waals surface area (Å²) in [5, 5.41) is 18.6. The van der Waals surface area contributed by atoms with Crippen LogP contribution in [-0.4, -0.2) is 41.2 Å². The smallest absolute Gasteiger partial charge is 0.304 e. The number of likely N-dealkylation sites (N-methyl/N-ethyl adjacent to an activating group) is 1. The first-order valence-electron chi connectivity index (χ1n) is 6.20. The second kappa shape index (κ2) is 7.13. The van der Waals surface area contributed by atoms with Crippen molar-refractivity contribution in [3.63, 3.8) is 0 Å². The molecule has 0 aliphatic heterocycles. The van der Waals surface area contributed by atoms with E-state index in [9.17, 15) is 9.90 Å². The van der Waals surface area contributed by atoms with E-state index in [0.717, 1.165) is 12.0 Å². The minimum absolute atomic E-state index is 0.0952. The van der Waals surface area contributed by atoms with Gasteiger partial charge in [-0.25, -0.2) is 0 Å². The van der Waals surface area contributed by atoms with E-state index in [0.29, 0.717) is 13.1 Å². The molecule has 4 nitrogen and oxygen atoms in total. The number of aryl methyl sites for hydroxylation is 1. The normalized spacial score (nSPS) is 12.7.